The summed E-state index contributed by atoms with van der Waals surface area (Å²) in [6, 6.07) is 1.37. The molecule has 0 aromatic heterocycles. The van der Waals surface area contributed by atoms with Crippen molar-refractivity contribution in [1.29, 1.82) is 0 Å². The number of morpholine rings is 1. The third-order valence-electron chi connectivity index (χ3n) is 4.62. The van der Waals surface area contributed by atoms with Gasteiger partial charge in [-0.3, -0.25) is 4.90 Å². The molecule has 0 bridgehead atoms. The monoisotopic (exact) mass is 268 g/mol. The second kappa shape index (κ2) is 8.23. The van der Waals surface area contributed by atoms with Crippen molar-refractivity contribution < 1.29 is 4.74 Å². The van der Waals surface area contributed by atoms with Crippen molar-refractivity contribution in [2.24, 2.45) is 0 Å². The Hall–Kier alpha value is -0.120. The number of nitrogens with one attached hydrogen (secondary N) is 1. The standard InChI is InChI=1S/C16H32N2O/c1-3-7-14(17-10-4-2)13-18-11-12-19-16-9-6-5-8-15(16)18/h14-17H,3-13H2,1-2H3. The molecule has 0 aromatic carbocycles. The zero-order valence-corrected chi connectivity index (χ0v) is 12.9. The lowest BCUT2D eigenvalue weighted by atomic mass is 9.89. The Bertz CT molecular complexity index is 245. The van der Waals surface area contributed by atoms with E-state index in [0.29, 0.717) is 18.2 Å². The van der Waals surface area contributed by atoms with Gasteiger partial charge in [0, 0.05) is 25.2 Å². The maximum atomic E-state index is 5.97. The summed E-state index contributed by atoms with van der Waals surface area (Å²) in [6.07, 6.45) is 9.71. The molecule has 1 N–H and O–H groups in total. The molecule has 1 aliphatic carbocycles. The predicted octanol–water partition coefficient (Wildman–Crippen LogP) is 2.80. The summed E-state index contributed by atoms with van der Waals surface area (Å²) >= 11 is 0. The molecule has 1 saturated heterocycles. The Morgan fingerprint density at radius 2 is 2.05 bits per heavy atom. The largest absolute Gasteiger partial charge is 0.375 e. The summed E-state index contributed by atoms with van der Waals surface area (Å²) in [6.45, 7) is 9.00. The van der Waals surface area contributed by atoms with Gasteiger partial charge in [-0.15, -0.1) is 0 Å². The van der Waals surface area contributed by atoms with E-state index in [9.17, 15) is 0 Å². The topological polar surface area (TPSA) is 24.5 Å². The van der Waals surface area contributed by atoms with Crippen LogP contribution in [-0.4, -0.2) is 49.3 Å². The van der Waals surface area contributed by atoms with Gasteiger partial charge in [-0.1, -0.05) is 33.1 Å². The summed E-state index contributed by atoms with van der Waals surface area (Å²) in [5.74, 6) is 0. The molecule has 1 heterocycles. The molecule has 0 aromatic rings. The Morgan fingerprint density at radius 3 is 2.84 bits per heavy atom. The molecule has 112 valence electrons. The molecule has 2 fully saturated rings. The minimum Gasteiger partial charge on any atom is -0.375 e. The van der Waals surface area contributed by atoms with Crippen LogP contribution in [0.15, 0.2) is 0 Å². The molecule has 3 atom stereocenters. The molecule has 2 rings (SSSR count). The van der Waals surface area contributed by atoms with E-state index in [1.165, 1.54) is 51.5 Å². The van der Waals surface area contributed by atoms with Gasteiger partial charge in [0.15, 0.2) is 0 Å². The zero-order chi connectivity index (χ0) is 13.5. The van der Waals surface area contributed by atoms with Gasteiger partial charge in [0.05, 0.1) is 12.7 Å². The number of rotatable bonds is 7. The normalized spacial score (nSPS) is 30.0. The first-order valence-corrected chi connectivity index (χ1v) is 8.44. The highest BCUT2D eigenvalue weighted by molar-refractivity contribution is 4.89. The van der Waals surface area contributed by atoms with Crippen molar-refractivity contribution in [3.05, 3.63) is 0 Å². The Morgan fingerprint density at radius 1 is 1.21 bits per heavy atom. The van der Waals surface area contributed by atoms with Crippen LogP contribution in [0.4, 0.5) is 0 Å². The van der Waals surface area contributed by atoms with Crippen LogP contribution in [0, 0.1) is 0 Å². The van der Waals surface area contributed by atoms with Crippen LogP contribution in [0.25, 0.3) is 0 Å². The average Bonchev–Trinajstić information content (AvgIpc) is 2.45. The van der Waals surface area contributed by atoms with Crippen LogP contribution in [-0.2, 0) is 4.74 Å². The molecule has 0 spiro atoms. The van der Waals surface area contributed by atoms with Crippen molar-refractivity contribution in [2.45, 2.75) is 77.0 Å². The highest BCUT2D eigenvalue weighted by atomic mass is 16.5. The van der Waals surface area contributed by atoms with Crippen molar-refractivity contribution in [3.8, 4) is 0 Å². The molecule has 3 heteroatoms. The van der Waals surface area contributed by atoms with Crippen LogP contribution >= 0.6 is 0 Å². The molecular weight excluding hydrogens is 236 g/mol. The van der Waals surface area contributed by atoms with Gasteiger partial charge < -0.3 is 10.1 Å². The fourth-order valence-electron chi connectivity index (χ4n) is 3.64. The van der Waals surface area contributed by atoms with E-state index < -0.39 is 0 Å². The summed E-state index contributed by atoms with van der Waals surface area (Å²) < 4.78 is 5.97. The van der Waals surface area contributed by atoms with Gasteiger partial charge in [-0.2, -0.15) is 0 Å². The summed E-state index contributed by atoms with van der Waals surface area (Å²) in [7, 11) is 0. The highest BCUT2D eigenvalue weighted by Crippen LogP contribution is 2.28. The Balaban J connectivity index is 1.86. The minimum atomic E-state index is 0.524. The summed E-state index contributed by atoms with van der Waals surface area (Å²) in [4.78, 5) is 2.72. The van der Waals surface area contributed by atoms with Crippen molar-refractivity contribution >= 4 is 0 Å². The molecule has 3 unspecified atom stereocenters. The van der Waals surface area contributed by atoms with E-state index in [1.54, 1.807) is 0 Å². The lowest BCUT2D eigenvalue weighted by Crippen LogP contribution is -2.56. The fraction of sp³-hybridized carbons (Fsp3) is 1.00. The SMILES string of the molecule is CCCNC(CCC)CN1CCOC2CCCCC21. The number of ether oxygens (including phenoxy) is 1. The number of hydrogen-bond acceptors (Lipinski definition) is 3. The minimum absolute atomic E-state index is 0.524. The van der Waals surface area contributed by atoms with Crippen LogP contribution in [0.3, 0.4) is 0 Å². The second-order valence-electron chi connectivity index (χ2n) is 6.20. The molecule has 0 amide bonds. The highest BCUT2D eigenvalue weighted by Gasteiger charge is 2.34. The van der Waals surface area contributed by atoms with Crippen molar-refractivity contribution in [3.63, 3.8) is 0 Å². The molecular formula is C16H32N2O. The van der Waals surface area contributed by atoms with Gasteiger partial charge in [0.2, 0.25) is 0 Å². The number of fused-ring (bicyclic) bond motifs is 1. The molecule has 3 nitrogen and oxygen atoms in total. The quantitative estimate of drug-likeness (QED) is 0.768. The first-order valence-electron chi connectivity index (χ1n) is 8.44. The van der Waals surface area contributed by atoms with E-state index in [0.717, 1.165) is 19.7 Å². The van der Waals surface area contributed by atoms with E-state index >= 15 is 0 Å². The lowest BCUT2D eigenvalue weighted by molar-refractivity contribution is -0.0903. The van der Waals surface area contributed by atoms with Crippen LogP contribution < -0.4 is 5.32 Å². The average molecular weight is 268 g/mol. The van der Waals surface area contributed by atoms with Gasteiger partial charge in [0.25, 0.3) is 0 Å². The van der Waals surface area contributed by atoms with E-state index in [-0.39, 0.29) is 0 Å². The van der Waals surface area contributed by atoms with Crippen LogP contribution in [0.5, 0.6) is 0 Å². The van der Waals surface area contributed by atoms with E-state index in [1.807, 2.05) is 0 Å². The van der Waals surface area contributed by atoms with Gasteiger partial charge in [-0.05, 0) is 32.2 Å². The Kier molecular flexibility index (Phi) is 6.62. The third kappa shape index (κ3) is 4.44. The van der Waals surface area contributed by atoms with Gasteiger partial charge >= 0.3 is 0 Å². The number of hydrogen-bond donors (Lipinski definition) is 1. The lowest BCUT2D eigenvalue weighted by Gasteiger charge is -2.45. The molecule has 2 aliphatic rings. The van der Waals surface area contributed by atoms with E-state index in [2.05, 4.69) is 24.1 Å². The predicted molar refractivity (Wildman–Crippen MR) is 80.6 cm³/mol. The smallest absolute Gasteiger partial charge is 0.0730 e. The molecule has 1 aliphatic heterocycles. The van der Waals surface area contributed by atoms with Crippen molar-refractivity contribution in [2.75, 3.05) is 26.2 Å². The molecule has 1 saturated carbocycles. The summed E-state index contributed by atoms with van der Waals surface area (Å²) in [5.41, 5.74) is 0. The van der Waals surface area contributed by atoms with E-state index in [4.69, 9.17) is 4.74 Å². The third-order valence-corrected chi connectivity index (χ3v) is 4.62. The Labute approximate surface area is 119 Å². The summed E-state index contributed by atoms with van der Waals surface area (Å²) in [5, 5.41) is 3.73. The van der Waals surface area contributed by atoms with Gasteiger partial charge in [-0.25, -0.2) is 0 Å². The first kappa shape index (κ1) is 15.3. The number of nitrogens with zero attached hydrogens (tertiary/aromatic N) is 1. The van der Waals surface area contributed by atoms with Crippen LogP contribution in [0.1, 0.15) is 58.8 Å². The maximum Gasteiger partial charge on any atom is 0.0730 e. The zero-order valence-electron chi connectivity index (χ0n) is 12.9. The first-order chi connectivity index (χ1) is 9.35. The molecule has 19 heavy (non-hydrogen) atoms. The van der Waals surface area contributed by atoms with Crippen LogP contribution in [0.2, 0.25) is 0 Å². The molecule has 0 radical (unpaired) electrons. The fourth-order valence-corrected chi connectivity index (χ4v) is 3.64. The maximum absolute atomic E-state index is 5.97. The van der Waals surface area contributed by atoms with Crippen molar-refractivity contribution in [1.82, 2.24) is 10.2 Å². The second-order valence-corrected chi connectivity index (χ2v) is 6.20. The van der Waals surface area contributed by atoms with Gasteiger partial charge in [0.1, 0.15) is 0 Å².